The van der Waals surface area contributed by atoms with Crippen molar-refractivity contribution in [1.82, 2.24) is 10.2 Å². The minimum absolute atomic E-state index is 0.241. The van der Waals surface area contributed by atoms with Crippen LogP contribution in [0.5, 0.6) is 0 Å². The lowest BCUT2D eigenvalue weighted by atomic mass is 9.96. The summed E-state index contributed by atoms with van der Waals surface area (Å²) in [5.74, 6) is 0. The van der Waals surface area contributed by atoms with Crippen molar-refractivity contribution in [2.45, 2.75) is 26.0 Å². The van der Waals surface area contributed by atoms with E-state index in [1.165, 1.54) is 11.1 Å². The maximum Gasteiger partial charge on any atom is 0.0896 e. The van der Waals surface area contributed by atoms with Crippen LogP contribution in [0.25, 0.3) is 0 Å². The summed E-state index contributed by atoms with van der Waals surface area (Å²) in [6.45, 7) is 8.38. The molecule has 1 saturated heterocycles. The van der Waals surface area contributed by atoms with Gasteiger partial charge in [-0.3, -0.25) is 4.90 Å². The molecule has 1 aromatic carbocycles. The third-order valence-electron chi connectivity index (χ3n) is 3.83. The molecule has 0 aliphatic carbocycles. The van der Waals surface area contributed by atoms with Crippen molar-refractivity contribution in [3.8, 4) is 0 Å². The molecule has 18 heavy (non-hydrogen) atoms. The molecule has 2 unspecified atom stereocenters. The predicted octanol–water partition coefficient (Wildman–Crippen LogP) is 1.98. The normalized spacial score (nSPS) is 22.9. The van der Waals surface area contributed by atoms with Gasteiger partial charge in [0.1, 0.15) is 0 Å². The summed E-state index contributed by atoms with van der Waals surface area (Å²) in [5, 5.41) is 3.42. The Hall–Kier alpha value is -0.900. The van der Waals surface area contributed by atoms with Gasteiger partial charge in [-0.1, -0.05) is 31.2 Å². The van der Waals surface area contributed by atoms with E-state index in [1.807, 2.05) is 7.05 Å². The Morgan fingerprint density at radius 1 is 1.44 bits per heavy atom. The quantitative estimate of drug-likeness (QED) is 0.882. The van der Waals surface area contributed by atoms with Crippen molar-refractivity contribution >= 4 is 0 Å². The zero-order valence-electron chi connectivity index (χ0n) is 11.6. The number of nitrogens with zero attached hydrogens (tertiary/aromatic N) is 1. The fourth-order valence-electron chi connectivity index (χ4n) is 2.70. The first-order valence-corrected chi connectivity index (χ1v) is 6.83. The first kappa shape index (κ1) is 13.5. The van der Waals surface area contributed by atoms with E-state index < -0.39 is 0 Å². The zero-order chi connectivity index (χ0) is 13.0. The highest BCUT2D eigenvalue weighted by atomic mass is 16.5. The lowest BCUT2D eigenvalue weighted by Gasteiger charge is -2.37. The number of morpholine rings is 1. The lowest BCUT2D eigenvalue weighted by molar-refractivity contribution is -0.0445. The van der Waals surface area contributed by atoms with E-state index in [0.29, 0.717) is 0 Å². The van der Waals surface area contributed by atoms with E-state index in [0.717, 1.165) is 26.2 Å². The second-order valence-electron chi connectivity index (χ2n) is 4.93. The summed E-state index contributed by atoms with van der Waals surface area (Å²) in [4.78, 5) is 2.46. The molecule has 1 fully saturated rings. The summed E-state index contributed by atoms with van der Waals surface area (Å²) >= 11 is 0. The molecular weight excluding hydrogens is 224 g/mol. The summed E-state index contributed by atoms with van der Waals surface area (Å²) < 4.78 is 5.97. The largest absolute Gasteiger partial charge is 0.374 e. The highest BCUT2D eigenvalue weighted by Crippen LogP contribution is 2.24. The monoisotopic (exact) mass is 248 g/mol. The molecule has 2 rings (SSSR count). The van der Waals surface area contributed by atoms with Gasteiger partial charge in [0.15, 0.2) is 0 Å². The molecule has 0 saturated carbocycles. The summed E-state index contributed by atoms with van der Waals surface area (Å²) in [7, 11) is 2.02. The molecule has 3 heteroatoms. The van der Waals surface area contributed by atoms with Gasteiger partial charge in [-0.05, 0) is 31.6 Å². The maximum absolute atomic E-state index is 5.97. The van der Waals surface area contributed by atoms with Crippen LogP contribution in [0.4, 0.5) is 0 Å². The van der Waals surface area contributed by atoms with Gasteiger partial charge in [-0.25, -0.2) is 0 Å². The van der Waals surface area contributed by atoms with Crippen LogP contribution >= 0.6 is 0 Å². The van der Waals surface area contributed by atoms with Crippen molar-refractivity contribution in [2.75, 3.05) is 33.3 Å². The highest BCUT2D eigenvalue weighted by molar-refractivity contribution is 5.29. The standard InChI is InChI=1S/C15H24N2O/c1-4-17-9-10-18-14(11-17)15(16-3)13-8-6-5-7-12(13)2/h5-8,14-16H,4,9-11H2,1-3H3. The molecule has 100 valence electrons. The molecule has 1 N–H and O–H groups in total. The molecule has 2 atom stereocenters. The number of benzene rings is 1. The van der Waals surface area contributed by atoms with E-state index in [9.17, 15) is 0 Å². The topological polar surface area (TPSA) is 24.5 Å². The van der Waals surface area contributed by atoms with Crippen molar-refractivity contribution < 1.29 is 4.74 Å². The molecule has 3 nitrogen and oxygen atoms in total. The number of hydrogen-bond donors (Lipinski definition) is 1. The van der Waals surface area contributed by atoms with Crippen LogP contribution in [0.1, 0.15) is 24.1 Å². The van der Waals surface area contributed by atoms with Crippen molar-refractivity contribution in [1.29, 1.82) is 0 Å². The smallest absolute Gasteiger partial charge is 0.0896 e. The molecule has 1 aromatic rings. The average molecular weight is 248 g/mol. The van der Waals surface area contributed by atoms with Crippen molar-refractivity contribution in [3.63, 3.8) is 0 Å². The van der Waals surface area contributed by atoms with Crippen LogP contribution in [0.15, 0.2) is 24.3 Å². The molecule has 0 radical (unpaired) electrons. The Morgan fingerprint density at radius 2 is 2.22 bits per heavy atom. The van der Waals surface area contributed by atoms with Gasteiger partial charge in [-0.15, -0.1) is 0 Å². The van der Waals surface area contributed by atoms with Crippen LogP contribution in [0.3, 0.4) is 0 Å². The predicted molar refractivity (Wildman–Crippen MR) is 74.8 cm³/mol. The molecule has 0 bridgehead atoms. The molecular formula is C15H24N2O. The Labute approximate surface area is 110 Å². The van der Waals surface area contributed by atoms with Crippen LogP contribution in [-0.2, 0) is 4.74 Å². The molecule has 0 amide bonds. The molecule has 1 aliphatic heterocycles. The molecule has 1 aliphatic rings. The lowest BCUT2D eigenvalue weighted by Crippen LogP contribution is -2.47. The number of hydrogen-bond acceptors (Lipinski definition) is 3. The Kier molecular flexibility index (Phi) is 4.75. The van der Waals surface area contributed by atoms with Gasteiger partial charge >= 0.3 is 0 Å². The van der Waals surface area contributed by atoms with Crippen molar-refractivity contribution in [2.24, 2.45) is 0 Å². The third kappa shape index (κ3) is 2.91. The zero-order valence-corrected chi connectivity index (χ0v) is 11.6. The Bertz CT molecular complexity index is 381. The summed E-state index contributed by atoms with van der Waals surface area (Å²) in [6, 6.07) is 8.84. The number of ether oxygens (including phenoxy) is 1. The van der Waals surface area contributed by atoms with Crippen LogP contribution < -0.4 is 5.32 Å². The second kappa shape index (κ2) is 6.32. The van der Waals surface area contributed by atoms with Gasteiger partial charge in [0.25, 0.3) is 0 Å². The third-order valence-corrected chi connectivity index (χ3v) is 3.83. The summed E-state index contributed by atoms with van der Waals surface area (Å²) in [5.41, 5.74) is 2.68. The minimum Gasteiger partial charge on any atom is -0.374 e. The molecule has 1 heterocycles. The summed E-state index contributed by atoms with van der Waals surface area (Å²) in [6.07, 6.45) is 0.241. The van der Waals surface area contributed by atoms with Crippen molar-refractivity contribution in [3.05, 3.63) is 35.4 Å². The number of nitrogens with one attached hydrogen (secondary N) is 1. The number of aryl methyl sites for hydroxylation is 1. The first-order valence-electron chi connectivity index (χ1n) is 6.83. The highest BCUT2D eigenvalue weighted by Gasteiger charge is 2.28. The van der Waals surface area contributed by atoms with E-state index in [2.05, 4.69) is 48.3 Å². The fourth-order valence-corrected chi connectivity index (χ4v) is 2.70. The van der Waals surface area contributed by atoms with E-state index in [4.69, 9.17) is 4.74 Å². The van der Waals surface area contributed by atoms with Crippen LogP contribution in [-0.4, -0.2) is 44.3 Å². The second-order valence-corrected chi connectivity index (χ2v) is 4.93. The van der Waals surface area contributed by atoms with Gasteiger partial charge in [0.2, 0.25) is 0 Å². The van der Waals surface area contributed by atoms with E-state index in [-0.39, 0.29) is 12.1 Å². The SMILES string of the molecule is CCN1CCOC(C(NC)c2ccccc2C)C1. The molecule has 0 aromatic heterocycles. The number of rotatable bonds is 4. The van der Waals surface area contributed by atoms with Crippen LogP contribution in [0, 0.1) is 6.92 Å². The fraction of sp³-hybridized carbons (Fsp3) is 0.600. The first-order chi connectivity index (χ1) is 8.76. The Balaban J connectivity index is 2.15. The number of likely N-dealkylation sites (N-methyl/N-ethyl adjacent to an activating group) is 2. The maximum atomic E-state index is 5.97. The minimum atomic E-state index is 0.241. The Morgan fingerprint density at radius 3 is 2.89 bits per heavy atom. The van der Waals surface area contributed by atoms with Gasteiger partial charge in [0, 0.05) is 13.1 Å². The average Bonchev–Trinajstić information content (AvgIpc) is 2.42. The van der Waals surface area contributed by atoms with Crippen LogP contribution in [0.2, 0.25) is 0 Å². The van der Waals surface area contributed by atoms with Gasteiger partial charge in [0.05, 0.1) is 18.8 Å². The van der Waals surface area contributed by atoms with E-state index in [1.54, 1.807) is 0 Å². The van der Waals surface area contributed by atoms with Gasteiger partial charge < -0.3 is 10.1 Å². The van der Waals surface area contributed by atoms with Gasteiger partial charge in [-0.2, -0.15) is 0 Å². The molecule has 0 spiro atoms. The van der Waals surface area contributed by atoms with E-state index >= 15 is 0 Å².